The van der Waals surface area contributed by atoms with Crippen LogP contribution in [0, 0.1) is 13.8 Å². The molecule has 1 N–H and O–H groups in total. The van der Waals surface area contributed by atoms with Crippen LogP contribution in [0.1, 0.15) is 56.1 Å². The molecule has 0 aromatic heterocycles. The first-order valence-electron chi connectivity index (χ1n) is 10.9. The van der Waals surface area contributed by atoms with Gasteiger partial charge in [0.05, 0.1) is 10.6 Å². The van der Waals surface area contributed by atoms with Crippen molar-refractivity contribution in [2.24, 2.45) is 5.10 Å². The largest absolute Gasteiger partial charge is 0.271 e. The molecule has 0 atom stereocenters. The summed E-state index contributed by atoms with van der Waals surface area (Å²) in [5.74, 6) is -0.452. The predicted molar refractivity (Wildman–Crippen MR) is 125 cm³/mol. The standard InChI is InChI=1S/C24H31N3O3S/c1-19-15-16-22(17-20(19)2)27(31(29,30)23-13-9-6-10-14-23)18-24(28)26-25-21-11-7-4-3-5-8-12-21/h6,9-10,13-17H,3-5,7-8,11-12,18H2,1-2H3,(H,26,28). The lowest BCUT2D eigenvalue weighted by Crippen LogP contribution is -2.39. The molecular weight excluding hydrogens is 410 g/mol. The Morgan fingerprint density at radius 1 is 0.935 bits per heavy atom. The quantitative estimate of drug-likeness (QED) is 0.659. The topological polar surface area (TPSA) is 78.8 Å². The molecule has 0 spiro atoms. The maximum atomic E-state index is 13.4. The SMILES string of the molecule is Cc1ccc(N(CC(=O)NN=C2CCCCCCC2)S(=O)(=O)c2ccccc2)cc1C. The molecule has 0 aliphatic heterocycles. The molecule has 0 radical (unpaired) electrons. The molecule has 6 nitrogen and oxygen atoms in total. The highest BCUT2D eigenvalue weighted by atomic mass is 32.2. The Morgan fingerprint density at radius 2 is 1.58 bits per heavy atom. The summed E-state index contributed by atoms with van der Waals surface area (Å²) in [6.45, 7) is 3.55. The molecule has 3 rings (SSSR count). The number of carbonyl (C=O) groups is 1. The summed E-state index contributed by atoms with van der Waals surface area (Å²) in [5.41, 5.74) is 6.05. The zero-order chi connectivity index (χ0) is 22.3. The van der Waals surface area contributed by atoms with E-state index in [9.17, 15) is 13.2 Å². The molecule has 1 aliphatic rings. The second-order valence-corrected chi connectivity index (χ2v) is 9.94. The average Bonchev–Trinajstić information content (AvgIpc) is 2.74. The van der Waals surface area contributed by atoms with Gasteiger partial charge in [-0.2, -0.15) is 5.10 Å². The van der Waals surface area contributed by atoms with Gasteiger partial charge in [0.2, 0.25) is 0 Å². The highest BCUT2D eigenvalue weighted by molar-refractivity contribution is 7.92. The fourth-order valence-electron chi connectivity index (χ4n) is 3.65. The Morgan fingerprint density at radius 3 is 2.23 bits per heavy atom. The first-order valence-corrected chi connectivity index (χ1v) is 12.3. The molecule has 1 aliphatic carbocycles. The van der Waals surface area contributed by atoms with Gasteiger partial charge in [-0.25, -0.2) is 13.8 Å². The second kappa shape index (κ2) is 10.6. The van der Waals surface area contributed by atoms with E-state index in [-0.39, 0.29) is 11.4 Å². The molecule has 0 bridgehead atoms. The van der Waals surface area contributed by atoms with Gasteiger partial charge in [-0.15, -0.1) is 0 Å². The number of sulfonamides is 1. The Hall–Kier alpha value is -2.67. The molecule has 166 valence electrons. The maximum Gasteiger partial charge on any atom is 0.264 e. The molecule has 0 unspecified atom stereocenters. The first kappa shape index (κ1) is 23.0. The van der Waals surface area contributed by atoms with E-state index in [1.54, 1.807) is 30.3 Å². The van der Waals surface area contributed by atoms with Gasteiger partial charge in [0.25, 0.3) is 15.9 Å². The van der Waals surface area contributed by atoms with Crippen molar-refractivity contribution in [3.63, 3.8) is 0 Å². The zero-order valence-corrected chi connectivity index (χ0v) is 19.1. The molecule has 1 amide bonds. The summed E-state index contributed by atoms with van der Waals surface area (Å²) in [4.78, 5) is 12.9. The molecule has 2 aromatic carbocycles. The minimum Gasteiger partial charge on any atom is -0.271 e. The molecular formula is C24H31N3O3S. The Labute approximate surface area is 185 Å². The summed E-state index contributed by atoms with van der Waals surface area (Å²) >= 11 is 0. The van der Waals surface area contributed by atoms with Gasteiger partial charge < -0.3 is 0 Å². The monoisotopic (exact) mass is 441 g/mol. The number of hydrazone groups is 1. The molecule has 1 fully saturated rings. The number of rotatable bonds is 6. The van der Waals surface area contributed by atoms with Crippen molar-refractivity contribution in [1.29, 1.82) is 0 Å². The Balaban J connectivity index is 1.84. The van der Waals surface area contributed by atoms with Crippen molar-refractivity contribution in [2.45, 2.75) is 63.7 Å². The van der Waals surface area contributed by atoms with Crippen LogP contribution in [0.4, 0.5) is 5.69 Å². The van der Waals surface area contributed by atoms with Crippen molar-refractivity contribution in [2.75, 3.05) is 10.8 Å². The highest BCUT2D eigenvalue weighted by Crippen LogP contribution is 2.25. The number of anilines is 1. The van der Waals surface area contributed by atoms with Gasteiger partial charge in [-0.3, -0.25) is 9.10 Å². The number of hydrogen-bond donors (Lipinski definition) is 1. The number of aryl methyl sites for hydroxylation is 2. The van der Waals surface area contributed by atoms with Crippen LogP contribution >= 0.6 is 0 Å². The molecule has 7 heteroatoms. The van der Waals surface area contributed by atoms with Gasteiger partial charge in [-0.05, 0) is 74.9 Å². The van der Waals surface area contributed by atoms with E-state index in [1.165, 1.54) is 31.4 Å². The van der Waals surface area contributed by atoms with Crippen LogP contribution in [0.3, 0.4) is 0 Å². The number of carbonyl (C=O) groups excluding carboxylic acids is 1. The van der Waals surface area contributed by atoms with E-state index in [0.29, 0.717) is 5.69 Å². The third-order valence-electron chi connectivity index (χ3n) is 5.67. The summed E-state index contributed by atoms with van der Waals surface area (Å²) in [5, 5.41) is 4.31. The van der Waals surface area contributed by atoms with Crippen molar-refractivity contribution in [3.05, 3.63) is 59.7 Å². The van der Waals surface area contributed by atoms with E-state index in [2.05, 4.69) is 10.5 Å². The molecule has 2 aromatic rings. The zero-order valence-electron chi connectivity index (χ0n) is 18.3. The van der Waals surface area contributed by atoms with E-state index in [1.807, 2.05) is 19.9 Å². The highest BCUT2D eigenvalue weighted by Gasteiger charge is 2.27. The third-order valence-corrected chi connectivity index (χ3v) is 7.45. The number of nitrogens with zero attached hydrogens (tertiary/aromatic N) is 2. The van der Waals surface area contributed by atoms with E-state index in [4.69, 9.17) is 0 Å². The van der Waals surface area contributed by atoms with Gasteiger partial charge in [0.15, 0.2) is 0 Å². The normalized spacial score (nSPS) is 15.0. The van der Waals surface area contributed by atoms with Gasteiger partial charge in [-0.1, -0.05) is 43.5 Å². The molecule has 31 heavy (non-hydrogen) atoms. The number of nitrogens with one attached hydrogen (secondary N) is 1. The van der Waals surface area contributed by atoms with Crippen LogP contribution in [-0.4, -0.2) is 26.6 Å². The lowest BCUT2D eigenvalue weighted by molar-refractivity contribution is -0.119. The maximum absolute atomic E-state index is 13.4. The van der Waals surface area contributed by atoms with E-state index >= 15 is 0 Å². The van der Waals surface area contributed by atoms with Crippen molar-refractivity contribution in [1.82, 2.24) is 5.43 Å². The molecule has 0 saturated heterocycles. The van der Waals surface area contributed by atoms with Crippen LogP contribution in [-0.2, 0) is 14.8 Å². The first-order chi connectivity index (χ1) is 14.9. The summed E-state index contributed by atoms with van der Waals surface area (Å²) < 4.78 is 27.9. The summed E-state index contributed by atoms with van der Waals surface area (Å²) in [6, 6.07) is 13.6. The van der Waals surface area contributed by atoms with Crippen molar-refractivity contribution >= 4 is 27.3 Å². The average molecular weight is 442 g/mol. The number of hydrogen-bond acceptors (Lipinski definition) is 4. The van der Waals surface area contributed by atoms with Gasteiger partial charge in [0, 0.05) is 5.71 Å². The fraction of sp³-hybridized carbons (Fsp3) is 0.417. The Kier molecular flexibility index (Phi) is 7.85. The number of benzene rings is 2. The van der Waals surface area contributed by atoms with Crippen molar-refractivity contribution in [3.8, 4) is 0 Å². The van der Waals surface area contributed by atoms with Gasteiger partial charge >= 0.3 is 0 Å². The fourth-order valence-corrected chi connectivity index (χ4v) is 5.08. The van der Waals surface area contributed by atoms with Crippen LogP contribution in [0.25, 0.3) is 0 Å². The van der Waals surface area contributed by atoms with E-state index < -0.39 is 15.9 Å². The smallest absolute Gasteiger partial charge is 0.264 e. The van der Waals surface area contributed by atoms with Crippen LogP contribution in [0.5, 0.6) is 0 Å². The second-order valence-electron chi connectivity index (χ2n) is 8.07. The number of amides is 1. The minimum absolute atomic E-state index is 0.146. The molecule has 0 heterocycles. The lowest BCUT2D eigenvalue weighted by atomic mass is 9.99. The van der Waals surface area contributed by atoms with Crippen LogP contribution in [0.2, 0.25) is 0 Å². The third kappa shape index (κ3) is 6.17. The predicted octanol–water partition coefficient (Wildman–Crippen LogP) is 4.72. The minimum atomic E-state index is -3.91. The van der Waals surface area contributed by atoms with Gasteiger partial charge in [0.1, 0.15) is 6.54 Å². The Bertz CT molecular complexity index is 1020. The molecule has 1 saturated carbocycles. The lowest BCUT2D eigenvalue weighted by Gasteiger charge is -2.24. The van der Waals surface area contributed by atoms with Crippen molar-refractivity contribution < 1.29 is 13.2 Å². The van der Waals surface area contributed by atoms with E-state index in [0.717, 1.165) is 46.8 Å². The summed E-state index contributed by atoms with van der Waals surface area (Å²) in [6.07, 6.45) is 7.53. The van der Waals surface area contributed by atoms with Crippen LogP contribution in [0.15, 0.2) is 58.5 Å². The van der Waals surface area contributed by atoms with Crippen LogP contribution < -0.4 is 9.73 Å². The summed E-state index contributed by atoms with van der Waals surface area (Å²) in [7, 11) is -3.91.